The summed E-state index contributed by atoms with van der Waals surface area (Å²) in [5.41, 5.74) is 0.924. The Labute approximate surface area is 608 Å². The van der Waals surface area contributed by atoms with Gasteiger partial charge in [-0.05, 0) is 224 Å². The lowest BCUT2D eigenvalue weighted by atomic mass is 9.49. The predicted molar refractivity (Wildman–Crippen MR) is 381 cm³/mol. The number of nitrogens with zero attached hydrogens (tertiary/aromatic N) is 1. The van der Waals surface area contributed by atoms with Gasteiger partial charge in [0.2, 0.25) is 0 Å². The molecule has 0 radical (unpaired) electrons. The Morgan fingerprint density at radius 3 is 1.64 bits per heavy atom. The van der Waals surface area contributed by atoms with Gasteiger partial charge in [-0.25, -0.2) is 13.2 Å². The number of halogens is 6. The quantitative estimate of drug-likeness (QED) is 0.0160. The van der Waals surface area contributed by atoms with Gasteiger partial charge in [-0.15, -0.1) is 0 Å². The summed E-state index contributed by atoms with van der Waals surface area (Å²) < 4.78 is 162. The molecule has 0 spiro atoms. The number of ether oxygens (including phenoxy) is 4. The Morgan fingerprint density at radius 1 is 0.692 bits per heavy atom. The smallest absolute Gasteiger partial charge is 0.450 e. The van der Waals surface area contributed by atoms with Crippen molar-refractivity contribution in [2.24, 2.45) is 51.8 Å². The second kappa shape index (κ2) is 32.4. The summed E-state index contributed by atoms with van der Waals surface area (Å²) in [6.45, 7) is 21.4. The van der Waals surface area contributed by atoms with E-state index in [1.54, 1.807) is 32.9 Å². The van der Waals surface area contributed by atoms with Gasteiger partial charge >= 0.3 is 50.4 Å². The molecule has 6 aliphatic carbocycles. The molecule has 1 aromatic heterocycles. The molecule has 5 aromatic carbocycles. The molecule has 7 aliphatic rings. The van der Waals surface area contributed by atoms with E-state index in [4.69, 9.17) is 29.2 Å². The van der Waals surface area contributed by atoms with Crippen molar-refractivity contribution >= 4 is 74.8 Å². The van der Waals surface area contributed by atoms with Crippen LogP contribution in [0.15, 0.2) is 121 Å². The van der Waals surface area contributed by atoms with E-state index in [9.17, 15) is 72.2 Å². The zero-order valence-electron chi connectivity index (χ0n) is 60.5. The first-order valence-corrected chi connectivity index (χ1v) is 39.5. The number of aliphatic hydroxyl groups excluding tert-OH is 1. The highest BCUT2D eigenvalue weighted by molar-refractivity contribution is 7.88. The van der Waals surface area contributed by atoms with Crippen molar-refractivity contribution in [3.8, 4) is 22.5 Å². The van der Waals surface area contributed by atoms with Crippen molar-refractivity contribution in [3.63, 3.8) is 0 Å². The molecule has 568 valence electrons. The maximum Gasteiger partial charge on any atom is 0.450 e. The second-order valence-electron chi connectivity index (χ2n) is 29.6. The van der Waals surface area contributed by atoms with E-state index in [1.165, 1.54) is 80.4 Å². The molecule has 1 saturated heterocycles. The van der Waals surface area contributed by atoms with Gasteiger partial charge in [0.1, 0.15) is 29.3 Å². The van der Waals surface area contributed by atoms with Crippen LogP contribution in [-0.4, -0.2) is 103 Å². The highest BCUT2D eigenvalue weighted by Crippen LogP contribution is 2.63. The number of phenolic OH excluding ortho intramolecular Hbond substituents is 1. The molecule has 2 N–H and O–H groups in total. The SMILES string of the molecule is CCC(C)(C)C(=O)OC1(CC)C2CC3CC(C2)CC1C3.CCC(C)(C)C(=O)OCC(=O)OC1C2CC3C1OC(=O)C3(C#N)C2.CCC(C)c1ccc(O)cc1.CCC(C)c1ccc(OS(=O)(=O)C(F)(F)C(F)(F)C(F)(F)S(=O)(=O)[O-])cc1.OCCc1ccc(-[s+]2c3ccccc3c3ccccc32)cc1. The fourth-order valence-electron chi connectivity index (χ4n) is 15.0. The predicted octanol–water partition coefficient (Wildman–Crippen LogP) is 17.4. The van der Waals surface area contributed by atoms with Crippen LogP contribution in [0.3, 0.4) is 0 Å². The molecular formula is C78H95F6NO16S3. The van der Waals surface area contributed by atoms with Crippen molar-refractivity contribution < 1.29 is 100 Å². The Hall–Kier alpha value is -7.31. The maximum atomic E-state index is 13.6. The molecule has 6 aromatic rings. The van der Waals surface area contributed by atoms with E-state index in [2.05, 4.69) is 111 Å². The third-order valence-corrected chi connectivity index (χ3v) is 26.9. The van der Waals surface area contributed by atoms with Crippen LogP contribution in [-0.2, 0) is 64.8 Å². The number of hydrogen-bond donors (Lipinski definition) is 2. The van der Waals surface area contributed by atoms with Crippen LogP contribution in [0.5, 0.6) is 11.5 Å². The molecule has 26 heteroatoms. The number of carbonyl (C=O) groups is 4. The Kier molecular flexibility index (Phi) is 25.7. The highest BCUT2D eigenvalue weighted by Gasteiger charge is 2.81. The van der Waals surface area contributed by atoms with E-state index in [0.29, 0.717) is 54.7 Å². The van der Waals surface area contributed by atoms with Crippen molar-refractivity contribution in [2.45, 2.75) is 206 Å². The molecule has 13 rings (SSSR count). The second-order valence-corrected chi connectivity index (χ2v) is 34.5. The fourth-order valence-corrected chi connectivity index (χ4v) is 18.8. The molecule has 7 fully saturated rings. The number of rotatable bonds is 22. The van der Waals surface area contributed by atoms with Crippen LogP contribution in [0.25, 0.3) is 25.1 Å². The number of aliphatic hydroxyl groups is 1. The van der Waals surface area contributed by atoms with Crippen LogP contribution >= 0.6 is 10.5 Å². The Balaban J connectivity index is 0.000000168. The van der Waals surface area contributed by atoms with Crippen LogP contribution in [0.4, 0.5) is 26.3 Å². The fraction of sp³-hybridized carbons (Fsp3) is 0.551. The number of esters is 4. The molecule has 1 aliphatic heterocycles. The van der Waals surface area contributed by atoms with Crippen molar-refractivity contribution in [2.75, 3.05) is 13.2 Å². The molecule has 6 bridgehead atoms. The molecule has 7 unspecified atom stereocenters. The lowest BCUT2D eigenvalue weighted by Crippen LogP contribution is -2.61. The number of nitriles is 1. The largest absolute Gasteiger partial charge is 0.743 e. The van der Waals surface area contributed by atoms with E-state index >= 15 is 0 Å². The number of carbonyl (C=O) groups excluding carboxylic acids is 4. The molecule has 104 heavy (non-hydrogen) atoms. The minimum absolute atomic E-state index is 0.0153. The minimum atomic E-state index is -7.33. The standard InChI is InChI=1S/C20H17OS.C18H30O2.C17H21NO6.C13H14F6O6S2.C10H14O/c21-14-13-15-9-11-16(12-10-15)22-19-7-3-1-5-17(19)18-6-2-4-8-20(18)22;1-5-17(3,4)16(19)20-18(6-2)14-8-12-7-13(10-14)11-15(18)9-12;1-4-16(2,3)14(20)22-7-11(19)23-12-9-5-10-13(12)24-15(21)17(10,6-9)8-18;1-3-8(2)9-4-6-10(7-5-9)25-27(23,24)13(18,19)11(14,15)12(16,17)26(20,21)22;1-3-8(2)9-4-6-10(11)7-5-9/h1-12,21H,13-14H2;12-15H,5-11H2,1-4H3;9-10,12-13H,4-7H2,1-3H3;4-8H,3H2,1-2H3,(H,20,21,22);4-8,11H,3H2,1-2H3/q+1;;;;/p-1. The van der Waals surface area contributed by atoms with Crippen LogP contribution in [0.2, 0.25) is 0 Å². The summed E-state index contributed by atoms with van der Waals surface area (Å²) in [5, 5.41) is 16.5. The number of alkyl halides is 6. The van der Waals surface area contributed by atoms with E-state index in [-0.39, 0.29) is 51.8 Å². The van der Waals surface area contributed by atoms with Gasteiger partial charge in [0.05, 0.1) is 16.9 Å². The van der Waals surface area contributed by atoms with E-state index < -0.39 is 90.0 Å². The monoisotopic (exact) mass is 1510 g/mol. The number of thiophene rings is 1. The first-order valence-electron chi connectivity index (χ1n) is 35.5. The van der Waals surface area contributed by atoms with Gasteiger partial charge in [-0.3, -0.25) is 14.4 Å². The number of phenols is 1. The van der Waals surface area contributed by atoms with Crippen LogP contribution in [0, 0.1) is 63.1 Å². The Morgan fingerprint density at radius 2 is 1.18 bits per heavy atom. The number of benzene rings is 5. The molecule has 0 amide bonds. The van der Waals surface area contributed by atoms with E-state index in [0.717, 1.165) is 49.7 Å². The van der Waals surface area contributed by atoms with Gasteiger partial charge in [0.15, 0.2) is 36.4 Å². The Bertz CT molecular complexity index is 4210. The first kappa shape index (κ1) is 82.3. The summed E-state index contributed by atoms with van der Waals surface area (Å²) in [4.78, 5) is 49.8. The summed E-state index contributed by atoms with van der Waals surface area (Å²) in [6.07, 6.45) is 11.6. The van der Waals surface area contributed by atoms with Crippen LogP contribution < -0.4 is 4.18 Å². The first-order chi connectivity index (χ1) is 48.7. The van der Waals surface area contributed by atoms with E-state index in [1.807, 2.05) is 39.8 Å². The van der Waals surface area contributed by atoms with Crippen molar-refractivity contribution in [1.82, 2.24) is 0 Å². The third-order valence-electron chi connectivity index (χ3n) is 22.3. The summed E-state index contributed by atoms with van der Waals surface area (Å²) in [6, 6.07) is 39.8. The number of hydrogen-bond acceptors (Lipinski definition) is 17. The molecular weight excluding hydrogens is 1420 g/mol. The zero-order valence-corrected chi connectivity index (χ0v) is 62.9. The van der Waals surface area contributed by atoms with Crippen molar-refractivity contribution in [3.05, 3.63) is 138 Å². The van der Waals surface area contributed by atoms with Gasteiger partial charge < -0.3 is 37.9 Å². The van der Waals surface area contributed by atoms with Crippen molar-refractivity contribution in [1.29, 1.82) is 5.26 Å². The number of fused-ring (bicyclic) bond motifs is 4. The average Bonchev–Trinajstić information content (AvgIpc) is 1.47. The normalized spacial score (nSPS) is 24.3. The maximum absolute atomic E-state index is 13.6. The van der Waals surface area contributed by atoms with Gasteiger partial charge in [0, 0.05) is 39.7 Å². The van der Waals surface area contributed by atoms with Crippen LogP contribution in [0.1, 0.15) is 182 Å². The third kappa shape index (κ3) is 16.6. The van der Waals surface area contributed by atoms with Gasteiger partial charge in [-0.2, -0.15) is 40.0 Å². The molecule has 6 saturated carbocycles. The molecule has 17 nitrogen and oxygen atoms in total. The zero-order chi connectivity index (χ0) is 76.9. The lowest BCUT2D eigenvalue weighted by molar-refractivity contribution is -0.247. The molecule has 2 heterocycles. The summed E-state index contributed by atoms with van der Waals surface area (Å²) >= 11 is 0. The number of aromatic hydroxyl groups is 1. The molecule has 7 atom stereocenters. The summed E-state index contributed by atoms with van der Waals surface area (Å²) in [7, 11) is -14.2. The minimum Gasteiger partial charge on any atom is -0.743 e. The topological polar surface area (TPSA) is 270 Å². The highest BCUT2D eigenvalue weighted by atomic mass is 32.2. The summed E-state index contributed by atoms with van der Waals surface area (Å²) in [5.74, 6) is -5.81. The lowest BCUT2D eigenvalue weighted by Gasteiger charge is -2.60. The average molecular weight is 1510 g/mol. The van der Waals surface area contributed by atoms with Gasteiger partial charge in [-0.1, -0.05) is 109 Å². The van der Waals surface area contributed by atoms with Gasteiger partial charge in [0.25, 0.3) is 0 Å².